The third kappa shape index (κ3) is 3.03. The maximum absolute atomic E-state index is 11.5. The second kappa shape index (κ2) is 6.18. The minimum absolute atomic E-state index is 0.155. The van der Waals surface area contributed by atoms with E-state index in [-0.39, 0.29) is 11.7 Å². The van der Waals surface area contributed by atoms with Crippen molar-refractivity contribution in [2.24, 2.45) is 5.92 Å². The third-order valence-electron chi connectivity index (χ3n) is 4.91. The van der Waals surface area contributed by atoms with E-state index in [4.69, 9.17) is 4.74 Å². The molecule has 3 saturated heterocycles. The molecule has 1 aromatic heterocycles. The second-order valence-electron chi connectivity index (χ2n) is 6.62. The minimum Gasteiger partial charge on any atom is -0.489 e. The van der Waals surface area contributed by atoms with Gasteiger partial charge in [-0.15, -0.1) is 11.3 Å². The SMILES string of the molecule is Cc1cnc(-c2cc(O[C@H]3CN4CCC3CC4)cc(C(=O)O)c2)s1. The average Bonchev–Trinajstić information content (AvgIpc) is 3.02. The molecule has 126 valence electrons. The molecule has 4 heterocycles. The third-order valence-corrected chi connectivity index (χ3v) is 5.87. The molecule has 0 amide bonds. The van der Waals surface area contributed by atoms with Crippen molar-refractivity contribution in [2.75, 3.05) is 19.6 Å². The largest absolute Gasteiger partial charge is 0.489 e. The van der Waals surface area contributed by atoms with E-state index in [1.165, 1.54) is 12.8 Å². The number of ether oxygens (including phenoxy) is 1. The highest BCUT2D eigenvalue weighted by Crippen LogP contribution is 2.34. The Morgan fingerprint density at radius 1 is 1.33 bits per heavy atom. The van der Waals surface area contributed by atoms with Crippen LogP contribution < -0.4 is 4.74 Å². The number of aromatic nitrogens is 1. The van der Waals surface area contributed by atoms with Crippen molar-refractivity contribution in [3.63, 3.8) is 0 Å². The Kier molecular flexibility index (Phi) is 4.02. The van der Waals surface area contributed by atoms with Crippen LogP contribution in [0.4, 0.5) is 0 Å². The summed E-state index contributed by atoms with van der Waals surface area (Å²) in [5, 5.41) is 10.2. The first-order valence-corrected chi connectivity index (χ1v) is 9.10. The molecule has 3 aliphatic rings. The summed E-state index contributed by atoms with van der Waals surface area (Å²) >= 11 is 1.56. The fourth-order valence-corrected chi connectivity index (χ4v) is 4.37. The summed E-state index contributed by atoms with van der Waals surface area (Å²) in [4.78, 5) is 19.4. The van der Waals surface area contributed by atoms with E-state index in [2.05, 4.69) is 9.88 Å². The predicted octanol–water partition coefficient (Wildman–Crippen LogP) is 3.29. The van der Waals surface area contributed by atoms with Crippen LogP contribution in [0.3, 0.4) is 0 Å². The summed E-state index contributed by atoms with van der Waals surface area (Å²) in [5.41, 5.74) is 1.06. The minimum atomic E-state index is -0.941. The molecule has 3 fully saturated rings. The predicted molar refractivity (Wildman–Crippen MR) is 92.8 cm³/mol. The lowest BCUT2D eigenvalue weighted by molar-refractivity contribution is -0.00779. The number of rotatable bonds is 4. The lowest BCUT2D eigenvalue weighted by Crippen LogP contribution is -2.52. The van der Waals surface area contributed by atoms with E-state index >= 15 is 0 Å². The molecule has 1 aromatic carbocycles. The van der Waals surface area contributed by atoms with Crippen molar-refractivity contribution in [1.29, 1.82) is 0 Å². The number of fused-ring (bicyclic) bond motifs is 3. The molecule has 1 N–H and O–H groups in total. The van der Waals surface area contributed by atoms with Crippen LogP contribution in [0.25, 0.3) is 10.6 Å². The molecular formula is C18H20N2O3S. The van der Waals surface area contributed by atoms with Gasteiger partial charge < -0.3 is 9.84 Å². The number of aromatic carboxylic acids is 1. The van der Waals surface area contributed by atoms with Gasteiger partial charge in [-0.2, -0.15) is 0 Å². The number of carboxylic acids is 1. The van der Waals surface area contributed by atoms with Crippen LogP contribution in [0.15, 0.2) is 24.4 Å². The topological polar surface area (TPSA) is 62.7 Å². The summed E-state index contributed by atoms with van der Waals surface area (Å²) in [6.45, 7) is 5.24. The standard InChI is InChI=1S/C18H20N2O3S/c1-11-9-19-17(24-11)13-6-14(18(21)22)8-15(7-13)23-16-10-20-4-2-12(16)3-5-20/h6-9,12,16H,2-5,10H2,1H3,(H,21,22)/t16-/m0/s1. The highest BCUT2D eigenvalue weighted by Gasteiger charge is 2.35. The lowest BCUT2D eigenvalue weighted by atomic mass is 9.86. The van der Waals surface area contributed by atoms with Gasteiger partial charge in [0.1, 0.15) is 16.9 Å². The molecule has 2 aromatic rings. The number of nitrogens with zero attached hydrogens (tertiary/aromatic N) is 2. The first-order chi connectivity index (χ1) is 11.6. The van der Waals surface area contributed by atoms with Gasteiger partial charge in [0, 0.05) is 23.2 Å². The van der Waals surface area contributed by atoms with E-state index in [1.54, 1.807) is 29.7 Å². The summed E-state index contributed by atoms with van der Waals surface area (Å²) in [5.74, 6) is 0.273. The summed E-state index contributed by atoms with van der Waals surface area (Å²) in [7, 11) is 0. The van der Waals surface area contributed by atoms with E-state index in [9.17, 15) is 9.90 Å². The van der Waals surface area contributed by atoms with Crippen LogP contribution >= 0.6 is 11.3 Å². The smallest absolute Gasteiger partial charge is 0.335 e. The quantitative estimate of drug-likeness (QED) is 0.922. The number of hydrogen-bond donors (Lipinski definition) is 1. The Morgan fingerprint density at radius 3 is 2.71 bits per heavy atom. The van der Waals surface area contributed by atoms with Crippen molar-refractivity contribution in [3.8, 4) is 16.3 Å². The number of aryl methyl sites for hydroxylation is 1. The molecule has 24 heavy (non-hydrogen) atoms. The van der Waals surface area contributed by atoms with Gasteiger partial charge in [-0.1, -0.05) is 0 Å². The Bertz CT molecular complexity index is 765. The van der Waals surface area contributed by atoms with E-state index < -0.39 is 5.97 Å². The summed E-state index contributed by atoms with van der Waals surface area (Å²) in [6, 6.07) is 5.22. The Hall–Kier alpha value is -1.92. The van der Waals surface area contributed by atoms with Crippen LogP contribution in [0.2, 0.25) is 0 Å². The highest BCUT2D eigenvalue weighted by atomic mass is 32.1. The maximum Gasteiger partial charge on any atom is 0.335 e. The molecule has 5 rings (SSSR count). The molecule has 0 saturated carbocycles. The Labute approximate surface area is 144 Å². The van der Waals surface area contributed by atoms with E-state index in [1.807, 2.05) is 13.0 Å². The van der Waals surface area contributed by atoms with Crippen LogP contribution in [0.1, 0.15) is 28.1 Å². The molecule has 5 nitrogen and oxygen atoms in total. The molecule has 0 radical (unpaired) electrons. The monoisotopic (exact) mass is 344 g/mol. The van der Waals surface area contributed by atoms with Crippen molar-refractivity contribution in [2.45, 2.75) is 25.9 Å². The van der Waals surface area contributed by atoms with Crippen molar-refractivity contribution >= 4 is 17.3 Å². The van der Waals surface area contributed by atoms with Crippen LogP contribution in [0, 0.1) is 12.8 Å². The second-order valence-corrected chi connectivity index (χ2v) is 7.86. The fourth-order valence-electron chi connectivity index (χ4n) is 3.62. The number of carbonyl (C=O) groups is 1. The summed E-state index contributed by atoms with van der Waals surface area (Å²) in [6.07, 6.45) is 4.30. The zero-order valence-corrected chi connectivity index (χ0v) is 14.4. The van der Waals surface area contributed by atoms with Gasteiger partial charge in [0.15, 0.2) is 0 Å². The molecule has 6 heteroatoms. The van der Waals surface area contributed by atoms with Gasteiger partial charge in [0.25, 0.3) is 0 Å². The molecule has 0 spiro atoms. The normalized spacial score (nSPS) is 25.6. The van der Waals surface area contributed by atoms with E-state index in [0.29, 0.717) is 11.7 Å². The summed E-state index contributed by atoms with van der Waals surface area (Å²) < 4.78 is 6.22. The van der Waals surface area contributed by atoms with Gasteiger partial charge in [-0.05, 0) is 57.0 Å². The number of hydrogen-bond acceptors (Lipinski definition) is 5. The lowest BCUT2D eigenvalue weighted by Gasteiger charge is -2.44. The molecule has 3 aliphatic heterocycles. The van der Waals surface area contributed by atoms with Gasteiger partial charge in [-0.3, -0.25) is 4.90 Å². The maximum atomic E-state index is 11.5. The van der Waals surface area contributed by atoms with Crippen LogP contribution in [0.5, 0.6) is 5.75 Å². The number of carboxylic acid groups (broad SMARTS) is 1. The molecule has 0 unspecified atom stereocenters. The first kappa shape index (κ1) is 15.6. The number of piperidine rings is 3. The van der Waals surface area contributed by atoms with Crippen molar-refractivity contribution in [3.05, 3.63) is 34.8 Å². The molecule has 0 aliphatic carbocycles. The van der Waals surface area contributed by atoms with Gasteiger partial charge in [0.2, 0.25) is 0 Å². The van der Waals surface area contributed by atoms with Crippen LogP contribution in [-0.4, -0.2) is 46.7 Å². The van der Waals surface area contributed by atoms with Crippen LogP contribution in [-0.2, 0) is 0 Å². The zero-order valence-electron chi connectivity index (χ0n) is 13.6. The van der Waals surface area contributed by atoms with Crippen molar-refractivity contribution in [1.82, 2.24) is 9.88 Å². The fraction of sp³-hybridized carbons (Fsp3) is 0.444. The molecular weight excluding hydrogens is 324 g/mol. The average molecular weight is 344 g/mol. The highest BCUT2D eigenvalue weighted by molar-refractivity contribution is 7.14. The Balaban J connectivity index is 1.64. The van der Waals surface area contributed by atoms with Gasteiger partial charge >= 0.3 is 5.97 Å². The number of thiazole rings is 1. The van der Waals surface area contributed by atoms with Gasteiger partial charge in [-0.25, -0.2) is 9.78 Å². The molecule has 1 atom stereocenters. The molecule has 2 bridgehead atoms. The Morgan fingerprint density at radius 2 is 2.12 bits per heavy atom. The number of benzene rings is 1. The van der Waals surface area contributed by atoms with Crippen molar-refractivity contribution < 1.29 is 14.6 Å². The zero-order chi connectivity index (χ0) is 16.7. The van der Waals surface area contributed by atoms with Gasteiger partial charge in [0.05, 0.1) is 5.56 Å². The van der Waals surface area contributed by atoms with E-state index in [0.717, 1.165) is 35.1 Å². The first-order valence-electron chi connectivity index (χ1n) is 8.29.